The molecule has 0 atom stereocenters. The molecule has 1 aromatic carbocycles. The summed E-state index contributed by atoms with van der Waals surface area (Å²) in [5.41, 5.74) is 5.88. The van der Waals surface area contributed by atoms with Gasteiger partial charge in [-0.3, -0.25) is 9.59 Å². The van der Waals surface area contributed by atoms with Gasteiger partial charge in [0.2, 0.25) is 0 Å². The number of hydrogen-bond donors (Lipinski definition) is 4. The van der Waals surface area contributed by atoms with E-state index in [-0.39, 0.29) is 29.4 Å². The second-order valence-corrected chi connectivity index (χ2v) is 4.75. The number of hydrogen-bond acceptors (Lipinski definition) is 6. The molecule has 0 aromatic heterocycles. The van der Waals surface area contributed by atoms with Crippen LogP contribution in [0.5, 0.6) is 11.5 Å². The van der Waals surface area contributed by atoms with Crippen LogP contribution in [0.15, 0.2) is 17.7 Å². The third-order valence-electron chi connectivity index (χ3n) is 3.20. The van der Waals surface area contributed by atoms with E-state index in [1.165, 1.54) is 18.2 Å². The molecule has 122 valence electrons. The van der Waals surface area contributed by atoms with Crippen LogP contribution in [0.3, 0.4) is 0 Å². The maximum absolute atomic E-state index is 12.1. The first kappa shape index (κ1) is 17.8. The van der Waals surface area contributed by atoms with Crippen LogP contribution in [-0.2, 0) is 9.59 Å². The Bertz CT molecular complexity index is 635. The van der Waals surface area contributed by atoms with Crippen molar-refractivity contribution in [3.05, 3.63) is 23.3 Å². The molecule has 8 heteroatoms. The van der Waals surface area contributed by atoms with Crippen molar-refractivity contribution in [1.29, 1.82) is 5.26 Å². The lowest BCUT2D eigenvalue weighted by Crippen LogP contribution is -2.28. The van der Waals surface area contributed by atoms with Crippen molar-refractivity contribution in [3.8, 4) is 17.6 Å². The molecule has 0 spiro atoms. The molecule has 0 bridgehead atoms. The maximum atomic E-state index is 12.1. The van der Waals surface area contributed by atoms with Gasteiger partial charge in [-0.2, -0.15) is 5.26 Å². The summed E-state index contributed by atoms with van der Waals surface area (Å²) in [6.45, 7) is 1.06. The van der Waals surface area contributed by atoms with Gasteiger partial charge >= 0.3 is 0 Å². The Hall–Kier alpha value is -3.21. The van der Waals surface area contributed by atoms with E-state index >= 15 is 0 Å². The van der Waals surface area contributed by atoms with Gasteiger partial charge in [0.1, 0.15) is 11.6 Å². The first-order valence-electron chi connectivity index (χ1n) is 6.75. The van der Waals surface area contributed by atoms with Crippen molar-refractivity contribution in [2.75, 3.05) is 18.8 Å². The number of amides is 1. The Balaban J connectivity index is 0.000000816. The highest BCUT2D eigenvalue weighted by molar-refractivity contribution is 6.02. The van der Waals surface area contributed by atoms with Crippen molar-refractivity contribution in [2.24, 2.45) is 0 Å². The van der Waals surface area contributed by atoms with E-state index in [1.807, 2.05) is 6.07 Å². The fraction of sp³-hybridized carbons (Fsp3) is 0.267. The molecule has 23 heavy (non-hydrogen) atoms. The topological polar surface area (TPSA) is 148 Å². The molecule has 0 aliphatic carbocycles. The molecule has 1 fully saturated rings. The van der Waals surface area contributed by atoms with Crippen LogP contribution < -0.4 is 5.73 Å². The fourth-order valence-electron chi connectivity index (χ4n) is 2.15. The predicted molar refractivity (Wildman–Crippen MR) is 82.3 cm³/mol. The van der Waals surface area contributed by atoms with Crippen molar-refractivity contribution < 1.29 is 24.9 Å². The zero-order chi connectivity index (χ0) is 17.4. The third kappa shape index (κ3) is 4.64. The van der Waals surface area contributed by atoms with Gasteiger partial charge < -0.3 is 26.0 Å². The van der Waals surface area contributed by atoms with Gasteiger partial charge in [0.25, 0.3) is 12.4 Å². The van der Waals surface area contributed by atoms with Crippen LogP contribution in [0.1, 0.15) is 18.4 Å². The number of nitrogens with zero attached hydrogens (tertiary/aromatic N) is 2. The lowest BCUT2D eigenvalue weighted by Gasteiger charge is -2.14. The van der Waals surface area contributed by atoms with Gasteiger partial charge in [0.15, 0.2) is 11.5 Å². The first-order chi connectivity index (χ1) is 10.9. The summed E-state index contributed by atoms with van der Waals surface area (Å²) in [4.78, 5) is 22.1. The molecule has 5 N–H and O–H groups in total. The van der Waals surface area contributed by atoms with Crippen LogP contribution in [0.25, 0.3) is 6.08 Å². The third-order valence-corrected chi connectivity index (χ3v) is 3.20. The highest BCUT2D eigenvalue weighted by Gasteiger charge is 2.21. The number of nitriles is 1. The smallest absolute Gasteiger partial charge is 0.290 e. The van der Waals surface area contributed by atoms with Gasteiger partial charge in [0.05, 0.1) is 5.69 Å². The molecule has 0 saturated carbocycles. The maximum Gasteiger partial charge on any atom is 0.290 e. The standard InChI is InChI=1S/C14H15N3O3.CH2O2/c15-8-10(14(20)17-3-1-2-4-17)5-9-6-11(16)13(19)12(18)7-9;2-1-3/h5-7,18-19H,1-4,16H2;1H,(H,2,3)/b10-5+;. The van der Waals surface area contributed by atoms with E-state index in [4.69, 9.17) is 20.9 Å². The van der Waals surface area contributed by atoms with Crippen LogP contribution >= 0.6 is 0 Å². The van der Waals surface area contributed by atoms with Gasteiger partial charge in [-0.25, -0.2) is 0 Å². The molecule has 1 aliphatic rings. The number of anilines is 1. The molecule has 1 saturated heterocycles. The lowest BCUT2D eigenvalue weighted by atomic mass is 10.1. The summed E-state index contributed by atoms with van der Waals surface area (Å²) in [5.74, 6) is -1.12. The van der Waals surface area contributed by atoms with Crippen LogP contribution in [0, 0.1) is 11.3 Å². The number of carbonyl (C=O) groups excluding carboxylic acids is 1. The molecule has 1 aromatic rings. The Labute approximate surface area is 132 Å². The normalized spacial score (nSPS) is 13.7. The minimum absolute atomic E-state index is 0.0119. The zero-order valence-corrected chi connectivity index (χ0v) is 12.3. The van der Waals surface area contributed by atoms with Crippen molar-refractivity contribution in [1.82, 2.24) is 4.90 Å². The van der Waals surface area contributed by atoms with Gasteiger partial charge in [-0.1, -0.05) is 0 Å². The number of likely N-dealkylation sites (tertiary alicyclic amines) is 1. The number of carbonyl (C=O) groups is 2. The van der Waals surface area contributed by atoms with Crippen molar-refractivity contribution in [2.45, 2.75) is 12.8 Å². The summed E-state index contributed by atoms with van der Waals surface area (Å²) in [5, 5.41) is 34.8. The SMILES string of the molecule is N#C/C(=C\c1cc(N)c(O)c(O)c1)C(=O)N1CCCC1.O=CO. The highest BCUT2D eigenvalue weighted by atomic mass is 16.3. The van der Waals surface area contributed by atoms with Gasteiger partial charge in [0, 0.05) is 13.1 Å². The Morgan fingerprint density at radius 1 is 1.30 bits per heavy atom. The van der Waals surface area contributed by atoms with Gasteiger partial charge in [-0.05, 0) is 36.6 Å². The number of phenolic OH excluding ortho intramolecular Hbond substituents is 2. The van der Waals surface area contributed by atoms with Crippen LogP contribution in [0.4, 0.5) is 5.69 Å². The van der Waals surface area contributed by atoms with Crippen molar-refractivity contribution >= 4 is 24.1 Å². The average Bonchev–Trinajstić information content (AvgIpc) is 3.04. The first-order valence-corrected chi connectivity index (χ1v) is 6.75. The second kappa shape index (κ2) is 8.29. The summed E-state index contributed by atoms with van der Waals surface area (Å²) >= 11 is 0. The number of nitrogens with two attached hydrogens (primary N) is 1. The van der Waals surface area contributed by atoms with E-state index in [0.717, 1.165) is 12.8 Å². The lowest BCUT2D eigenvalue weighted by molar-refractivity contribution is -0.125. The summed E-state index contributed by atoms with van der Waals surface area (Å²) < 4.78 is 0. The molecule has 0 radical (unpaired) electrons. The summed E-state index contributed by atoms with van der Waals surface area (Å²) in [7, 11) is 0. The molecule has 1 heterocycles. The minimum atomic E-state index is -0.411. The monoisotopic (exact) mass is 319 g/mol. The van der Waals surface area contributed by atoms with E-state index in [9.17, 15) is 15.0 Å². The van der Waals surface area contributed by atoms with E-state index in [2.05, 4.69) is 0 Å². The van der Waals surface area contributed by atoms with E-state index in [0.29, 0.717) is 18.7 Å². The minimum Gasteiger partial charge on any atom is -0.504 e. The van der Waals surface area contributed by atoms with Crippen LogP contribution in [0.2, 0.25) is 0 Å². The number of aromatic hydroxyl groups is 2. The quantitative estimate of drug-likeness (QED) is 0.208. The summed E-state index contributed by atoms with van der Waals surface area (Å²) in [6, 6.07) is 4.51. The number of rotatable bonds is 2. The molecular weight excluding hydrogens is 302 g/mol. The molecule has 1 aliphatic heterocycles. The average molecular weight is 319 g/mol. The molecule has 8 nitrogen and oxygen atoms in total. The fourth-order valence-corrected chi connectivity index (χ4v) is 2.15. The van der Waals surface area contributed by atoms with Crippen molar-refractivity contribution in [3.63, 3.8) is 0 Å². The number of nitrogen functional groups attached to an aromatic ring is 1. The highest BCUT2D eigenvalue weighted by Crippen LogP contribution is 2.33. The number of benzene rings is 1. The van der Waals surface area contributed by atoms with E-state index in [1.54, 1.807) is 4.90 Å². The molecular formula is C15H17N3O5. The summed E-state index contributed by atoms with van der Waals surface area (Å²) in [6.07, 6.45) is 3.24. The molecule has 1 amide bonds. The Morgan fingerprint density at radius 2 is 1.87 bits per heavy atom. The molecule has 2 rings (SSSR count). The molecule has 0 unspecified atom stereocenters. The van der Waals surface area contributed by atoms with E-state index < -0.39 is 5.75 Å². The Kier molecular flexibility index (Phi) is 6.43. The van der Waals surface area contributed by atoms with Crippen LogP contribution in [-0.4, -0.2) is 45.7 Å². The number of carboxylic acid groups (broad SMARTS) is 1. The second-order valence-electron chi connectivity index (χ2n) is 4.75. The zero-order valence-electron chi connectivity index (χ0n) is 12.3. The number of phenols is 2. The largest absolute Gasteiger partial charge is 0.504 e. The predicted octanol–water partition coefficient (Wildman–Crippen LogP) is 0.910. The Morgan fingerprint density at radius 3 is 2.35 bits per heavy atom. The van der Waals surface area contributed by atoms with Gasteiger partial charge in [-0.15, -0.1) is 0 Å².